The molecule has 0 aromatic rings. The van der Waals surface area contributed by atoms with Crippen molar-refractivity contribution in [2.24, 2.45) is 0 Å². The monoisotopic (exact) mass is 215 g/mol. The normalized spacial score (nSPS) is 25.6. The van der Waals surface area contributed by atoms with Crippen molar-refractivity contribution in [2.45, 2.75) is 5.54 Å². The fourth-order valence-corrected chi connectivity index (χ4v) is 2.15. The van der Waals surface area contributed by atoms with Crippen molar-refractivity contribution in [3.63, 3.8) is 0 Å². The van der Waals surface area contributed by atoms with Crippen LogP contribution in [0.3, 0.4) is 0 Å². The number of ether oxygens (including phenoxy) is 1. The molecular weight excluding hydrogens is 198 g/mol. The van der Waals surface area contributed by atoms with Crippen LogP contribution in [0.1, 0.15) is 0 Å². The van der Waals surface area contributed by atoms with Crippen LogP contribution in [0.25, 0.3) is 0 Å². The van der Waals surface area contributed by atoms with E-state index in [1.165, 1.54) is 0 Å². The van der Waals surface area contributed by atoms with E-state index in [-0.39, 0.29) is 5.54 Å². The van der Waals surface area contributed by atoms with Crippen LogP contribution in [-0.4, -0.2) is 67.6 Å². The molecule has 2 fully saturated rings. The quantitative estimate of drug-likeness (QED) is 0.559. The molecule has 6 heteroatoms. The molecule has 0 unspecified atom stereocenters. The SMILES string of the molecule is O=C(O)NCC1(N2CCOCC2)CNC1. The fraction of sp³-hybridized carbons (Fsp3) is 0.889. The number of rotatable bonds is 3. The number of nitrogens with one attached hydrogen (secondary N) is 2. The van der Waals surface area contributed by atoms with Gasteiger partial charge in [-0.1, -0.05) is 0 Å². The van der Waals surface area contributed by atoms with Gasteiger partial charge in [0.05, 0.1) is 18.8 Å². The topological polar surface area (TPSA) is 73.8 Å². The highest BCUT2D eigenvalue weighted by molar-refractivity contribution is 5.64. The zero-order valence-corrected chi connectivity index (χ0v) is 8.66. The van der Waals surface area contributed by atoms with E-state index >= 15 is 0 Å². The van der Waals surface area contributed by atoms with Crippen molar-refractivity contribution in [1.29, 1.82) is 0 Å². The van der Waals surface area contributed by atoms with Crippen molar-refractivity contribution in [3.05, 3.63) is 0 Å². The molecule has 0 aromatic carbocycles. The Labute approximate surface area is 88.6 Å². The first-order valence-electron chi connectivity index (χ1n) is 5.23. The van der Waals surface area contributed by atoms with Crippen LogP contribution in [0.2, 0.25) is 0 Å². The number of carbonyl (C=O) groups is 1. The maximum atomic E-state index is 10.5. The van der Waals surface area contributed by atoms with Gasteiger partial charge in [-0.2, -0.15) is 0 Å². The van der Waals surface area contributed by atoms with Gasteiger partial charge < -0.3 is 20.5 Å². The predicted molar refractivity (Wildman–Crippen MR) is 54.0 cm³/mol. The Balaban J connectivity index is 1.91. The lowest BCUT2D eigenvalue weighted by atomic mass is 9.89. The van der Waals surface area contributed by atoms with Gasteiger partial charge in [0, 0.05) is 32.7 Å². The van der Waals surface area contributed by atoms with E-state index in [0.29, 0.717) is 6.54 Å². The molecule has 0 aromatic heterocycles. The van der Waals surface area contributed by atoms with Crippen LogP contribution in [0, 0.1) is 0 Å². The molecule has 1 amide bonds. The third-order valence-electron chi connectivity index (χ3n) is 3.16. The number of hydrogen-bond donors (Lipinski definition) is 3. The second kappa shape index (κ2) is 4.34. The molecule has 2 saturated heterocycles. The molecule has 2 aliphatic heterocycles. The van der Waals surface area contributed by atoms with Gasteiger partial charge in [0.2, 0.25) is 0 Å². The van der Waals surface area contributed by atoms with E-state index in [1.807, 2.05) is 0 Å². The Hall–Kier alpha value is -0.850. The van der Waals surface area contributed by atoms with Crippen molar-refractivity contribution >= 4 is 6.09 Å². The summed E-state index contributed by atoms with van der Waals surface area (Å²) in [6, 6.07) is 0. The molecular formula is C9H17N3O3. The standard InChI is InChI=1S/C9H17N3O3/c13-8(14)11-7-9(5-10-6-9)12-1-3-15-4-2-12/h10-11H,1-7H2,(H,13,14). The zero-order chi connectivity index (χ0) is 10.7. The Morgan fingerprint density at radius 1 is 1.47 bits per heavy atom. The van der Waals surface area contributed by atoms with Crippen LogP contribution in [-0.2, 0) is 4.74 Å². The molecule has 0 atom stereocenters. The number of amides is 1. The van der Waals surface area contributed by atoms with Gasteiger partial charge in [-0.05, 0) is 0 Å². The first-order chi connectivity index (χ1) is 7.23. The highest BCUT2D eigenvalue weighted by Gasteiger charge is 2.43. The number of carboxylic acid groups (broad SMARTS) is 1. The summed E-state index contributed by atoms with van der Waals surface area (Å²) in [5.74, 6) is 0. The molecule has 0 radical (unpaired) electrons. The molecule has 0 aliphatic carbocycles. The Morgan fingerprint density at radius 3 is 2.60 bits per heavy atom. The third-order valence-corrected chi connectivity index (χ3v) is 3.16. The smallest absolute Gasteiger partial charge is 0.404 e. The van der Waals surface area contributed by atoms with Crippen molar-refractivity contribution in [2.75, 3.05) is 45.9 Å². The summed E-state index contributed by atoms with van der Waals surface area (Å²) in [5.41, 5.74) is -0.0256. The maximum absolute atomic E-state index is 10.5. The summed E-state index contributed by atoms with van der Waals surface area (Å²) in [4.78, 5) is 12.8. The largest absolute Gasteiger partial charge is 0.465 e. The fourth-order valence-electron chi connectivity index (χ4n) is 2.15. The molecule has 2 rings (SSSR count). The van der Waals surface area contributed by atoms with E-state index < -0.39 is 6.09 Å². The van der Waals surface area contributed by atoms with Crippen LogP contribution >= 0.6 is 0 Å². The van der Waals surface area contributed by atoms with Crippen LogP contribution in [0.15, 0.2) is 0 Å². The summed E-state index contributed by atoms with van der Waals surface area (Å²) in [7, 11) is 0. The molecule has 3 N–H and O–H groups in total. The molecule has 86 valence electrons. The Kier molecular flexibility index (Phi) is 3.08. The Bertz CT molecular complexity index is 237. The van der Waals surface area contributed by atoms with E-state index in [9.17, 15) is 4.79 Å². The number of hydrogen-bond acceptors (Lipinski definition) is 4. The lowest BCUT2D eigenvalue weighted by Crippen LogP contribution is -2.74. The molecule has 2 heterocycles. The minimum atomic E-state index is -0.950. The van der Waals surface area contributed by atoms with Crippen molar-refractivity contribution < 1.29 is 14.6 Å². The lowest BCUT2D eigenvalue weighted by molar-refractivity contribution is -0.0424. The average molecular weight is 215 g/mol. The zero-order valence-electron chi connectivity index (χ0n) is 8.66. The lowest BCUT2D eigenvalue weighted by Gasteiger charge is -2.51. The second-order valence-corrected chi connectivity index (χ2v) is 4.09. The summed E-state index contributed by atoms with van der Waals surface area (Å²) in [6.07, 6.45) is -0.950. The van der Waals surface area contributed by atoms with Crippen LogP contribution in [0.5, 0.6) is 0 Å². The number of morpholine rings is 1. The van der Waals surface area contributed by atoms with Crippen molar-refractivity contribution in [3.8, 4) is 0 Å². The predicted octanol–water partition coefficient (Wildman–Crippen LogP) is -1.07. The van der Waals surface area contributed by atoms with E-state index in [4.69, 9.17) is 9.84 Å². The third kappa shape index (κ3) is 2.22. The van der Waals surface area contributed by atoms with Crippen molar-refractivity contribution in [1.82, 2.24) is 15.5 Å². The summed E-state index contributed by atoms with van der Waals surface area (Å²) < 4.78 is 5.29. The van der Waals surface area contributed by atoms with Gasteiger partial charge in [-0.15, -0.1) is 0 Å². The van der Waals surface area contributed by atoms with E-state index in [2.05, 4.69) is 15.5 Å². The maximum Gasteiger partial charge on any atom is 0.404 e. The highest BCUT2D eigenvalue weighted by atomic mass is 16.5. The average Bonchev–Trinajstić information content (AvgIpc) is 2.17. The Morgan fingerprint density at radius 2 is 2.13 bits per heavy atom. The van der Waals surface area contributed by atoms with Gasteiger partial charge in [-0.25, -0.2) is 4.79 Å². The molecule has 0 saturated carbocycles. The van der Waals surface area contributed by atoms with E-state index in [1.54, 1.807) is 0 Å². The minimum Gasteiger partial charge on any atom is -0.465 e. The summed E-state index contributed by atoms with van der Waals surface area (Å²) in [6.45, 7) is 5.48. The molecule has 6 nitrogen and oxygen atoms in total. The first-order valence-corrected chi connectivity index (χ1v) is 5.23. The van der Waals surface area contributed by atoms with Gasteiger partial charge in [0.15, 0.2) is 0 Å². The van der Waals surface area contributed by atoms with Gasteiger partial charge in [0.1, 0.15) is 0 Å². The van der Waals surface area contributed by atoms with Gasteiger partial charge >= 0.3 is 6.09 Å². The number of nitrogens with zero attached hydrogens (tertiary/aromatic N) is 1. The minimum absolute atomic E-state index is 0.0256. The first kappa shape index (κ1) is 10.7. The van der Waals surface area contributed by atoms with Gasteiger partial charge in [-0.3, -0.25) is 4.90 Å². The van der Waals surface area contributed by atoms with Gasteiger partial charge in [0.25, 0.3) is 0 Å². The summed E-state index contributed by atoms with van der Waals surface area (Å²) in [5, 5.41) is 14.3. The highest BCUT2D eigenvalue weighted by Crippen LogP contribution is 2.21. The summed E-state index contributed by atoms with van der Waals surface area (Å²) >= 11 is 0. The van der Waals surface area contributed by atoms with Crippen LogP contribution in [0.4, 0.5) is 4.79 Å². The second-order valence-electron chi connectivity index (χ2n) is 4.09. The van der Waals surface area contributed by atoms with Crippen LogP contribution < -0.4 is 10.6 Å². The molecule has 0 bridgehead atoms. The molecule has 2 aliphatic rings. The van der Waals surface area contributed by atoms with E-state index in [0.717, 1.165) is 39.4 Å². The molecule has 15 heavy (non-hydrogen) atoms. The molecule has 0 spiro atoms.